The summed E-state index contributed by atoms with van der Waals surface area (Å²) < 4.78 is 13.5. The number of halogens is 2. The predicted octanol–water partition coefficient (Wildman–Crippen LogP) is 3.50. The van der Waals surface area contributed by atoms with Crippen LogP contribution in [0.4, 0.5) is 4.39 Å². The zero-order chi connectivity index (χ0) is 14.0. The predicted molar refractivity (Wildman–Crippen MR) is 76.2 cm³/mol. The van der Waals surface area contributed by atoms with Gasteiger partial charge in [-0.15, -0.1) is 0 Å². The van der Waals surface area contributed by atoms with Crippen LogP contribution in [-0.2, 0) is 0 Å². The number of carbonyl (C=O) groups is 1. The lowest BCUT2D eigenvalue weighted by atomic mass is 10.00. The number of nitrogens with zero attached hydrogens (tertiary/aromatic N) is 1. The Hall–Kier alpha value is -0.940. The second-order valence-corrected chi connectivity index (χ2v) is 5.96. The Morgan fingerprint density at radius 2 is 2.00 bits per heavy atom. The van der Waals surface area contributed by atoms with E-state index in [9.17, 15) is 9.18 Å². The highest BCUT2D eigenvalue weighted by molar-refractivity contribution is 9.10. The maximum absolute atomic E-state index is 13.2. The highest BCUT2D eigenvalue weighted by Gasteiger charge is 2.26. The molecule has 1 aliphatic rings. The SMILES string of the molecule is CC1CCCC(C)N1NC(=O)c1ccc(F)c(Br)c1. The zero-order valence-electron chi connectivity index (χ0n) is 11.1. The fraction of sp³-hybridized carbons (Fsp3) is 0.500. The molecule has 0 aromatic heterocycles. The van der Waals surface area contributed by atoms with Gasteiger partial charge in [0, 0.05) is 17.6 Å². The van der Waals surface area contributed by atoms with Crippen molar-refractivity contribution in [3.05, 3.63) is 34.1 Å². The highest BCUT2D eigenvalue weighted by Crippen LogP contribution is 2.21. The van der Waals surface area contributed by atoms with E-state index < -0.39 is 0 Å². The lowest BCUT2D eigenvalue weighted by Crippen LogP contribution is -2.54. The Bertz CT molecular complexity index is 471. The van der Waals surface area contributed by atoms with Gasteiger partial charge in [-0.05, 0) is 60.8 Å². The molecule has 1 aromatic carbocycles. The molecule has 0 radical (unpaired) electrons. The van der Waals surface area contributed by atoms with Crippen LogP contribution >= 0.6 is 15.9 Å². The summed E-state index contributed by atoms with van der Waals surface area (Å²) >= 11 is 3.09. The first-order chi connectivity index (χ1) is 8.99. The van der Waals surface area contributed by atoms with Crippen molar-refractivity contribution in [2.45, 2.75) is 45.2 Å². The van der Waals surface area contributed by atoms with Crippen LogP contribution in [0.5, 0.6) is 0 Å². The first-order valence-electron chi connectivity index (χ1n) is 6.53. The maximum atomic E-state index is 13.2. The molecule has 2 rings (SSSR count). The molecule has 0 spiro atoms. The van der Waals surface area contributed by atoms with Gasteiger partial charge in [-0.1, -0.05) is 6.42 Å². The Balaban J connectivity index is 2.09. The number of amides is 1. The summed E-state index contributed by atoms with van der Waals surface area (Å²) in [7, 11) is 0. The van der Waals surface area contributed by atoms with Gasteiger partial charge in [0.15, 0.2) is 0 Å². The van der Waals surface area contributed by atoms with Gasteiger partial charge in [-0.3, -0.25) is 10.2 Å². The number of hydrogen-bond acceptors (Lipinski definition) is 2. The van der Waals surface area contributed by atoms with E-state index in [0.717, 1.165) is 12.8 Å². The van der Waals surface area contributed by atoms with Gasteiger partial charge in [0.2, 0.25) is 0 Å². The molecule has 1 saturated heterocycles. The van der Waals surface area contributed by atoms with Crippen molar-refractivity contribution >= 4 is 21.8 Å². The van der Waals surface area contributed by atoms with Gasteiger partial charge >= 0.3 is 0 Å². The molecule has 0 bridgehead atoms. The molecule has 19 heavy (non-hydrogen) atoms. The van der Waals surface area contributed by atoms with Gasteiger partial charge < -0.3 is 0 Å². The molecule has 1 heterocycles. The molecule has 2 unspecified atom stereocenters. The van der Waals surface area contributed by atoms with Crippen LogP contribution in [0.1, 0.15) is 43.5 Å². The summed E-state index contributed by atoms with van der Waals surface area (Å²) in [6.07, 6.45) is 3.35. The van der Waals surface area contributed by atoms with E-state index in [1.54, 1.807) is 0 Å². The van der Waals surface area contributed by atoms with Crippen LogP contribution in [0.2, 0.25) is 0 Å². The summed E-state index contributed by atoms with van der Waals surface area (Å²) in [4.78, 5) is 12.2. The fourth-order valence-electron chi connectivity index (χ4n) is 2.46. The largest absolute Gasteiger partial charge is 0.284 e. The standard InChI is InChI=1S/C14H18BrFN2O/c1-9-4-3-5-10(2)18(9)17-14(19)11-6-7-13(16)12(15)8-11/h6-10H,3-5H2,1-2H3,(H,17,19). The zero-order valence-corrected chi connectivity index (χ0v) is 12.7. The van der Waals surface area contributed by atoms with Gasteiger partial charge in [0.05, 0.1) is 4.47 Å². The van der Waals surface area contributed by atoms with Crippen LogP contribution in [0, 0.1) is 5.82 Å². The average Bonchev–Trinajstić information content (AvgIpc) is 2.37. The van der Waals surface area contributed by atoms with E-state index in [0.29, 0.717) is 22.1 Å². The lowest BCUT2D eigenvalue weighted by Gasteiger charge is -2.38. The van der Waals surface area contributed by atoms with E-state index in [1.165, 1.54) is 24.6 Å². The van der Waals surface area contributed by atoms with Crippen molar-refractivity contribution < 1.29 is 9.18 Å². The third kappa shape index (κ3) is 3.34. The van der Waals surface area contributed by atoms with E-state index >= 15 is 0 Å². The second kappa shape index (κ2) is 6.01. The summed E-state index contributed by atoms with van der Waals surface area (Å²) in [5.74, 6) is -0.558. The van der Waals surface area contributed by atoms with Gasteiger partial charge in [0.25, 0.3) is 5.91 Å². The van der Waals surface area contributed by atoms with E-state index in [1.807, 2.05) is 5.01 Å². The van der Waals surface area contributed by atoms with Crippen molar-refractivity contribution in [3.63, 3.8) is 0 Å². The van der Waals surface area contributed by atoms with Gasteiger partial charge in [-0.2, -0.15) is 0 Å². The molecule has 1 N–H and O–H groups in total. The van der Waals surface area contributed by atoms with Crippen LogP contribution in [0.15, 0.2) is 22.7 Å². The molecular formula is C14H18BrFN2O. The number of hydrogen-bond donors (Lipinski definition) is 1. The Kier molecular flexibility index (Phi) is 4.58. The molecule has 2 atom stereocenters. The van der Waals surface area contributed by atoms with Crippen LogP contribution in [0.25, 0.3) is 0 Å². The number of carbonyl (C=O) groups excluding carboxylic acids is 1. The molecular weight excluding hydrogens is 311 g/mol. The number of piperidine rings is 1. The molecule has 5 heteroatoms. The Morgan fingerprint density at radius 3 is 2.58 bits per heavy atom. The fourth-order valence-corrected chi connectivity index (χ4v) is 2.84. The first kappa shape index (κ1) is 14.5. The van der Waals surface area contributed by atoms with Crippen LogP contribution in [-0.4, -0.2) is 23.0 Å². The Labute approximate surface area is 121 Å². The molecule has 0 aliphatic carbocycles. The van der Waals surface area contributed by atoms with Crippen molar-refractivity contribution in [1.82, 2.24) is 10.4 Å². The molecule has 3 nitrogen and oxygen atoms in total. The molecule has 1 aromatic rings. The average molecular weight is 329 g/mol. The minimum Gasteiger partial charge on any atom is -0.284 e. The van der Waals surface area contributed by atoms with E-state index in [-0.39, 0.29) is 11.7 Å². The second-order valence-electron chi connectivity index (χ2n) is 5.11. The normalized spacial score (nSPS) is 24.2. The highest BCUT2D eigenvalue weighted by atomic mass is 79.9. The molecule has 104 valence electrons. The van der Waals surface area contributed by atoms with Crippen LogP contribution < -0.4 is 5.43 Å². The first-order valence-corrected chi connectivity index (χ1v) is 7.32. The number of nitrogens with one attached hydrogen (secondary N) is 1. The van der Waals surface area contributed by atoms with Crippen molar-refractivity contribution in [2.24, 2.45) is 0 Å². The minimum absolute atomic E-state index is 0.193. The van der Waals surface area contributed by atoms with Gasteiger partial charge in [0.1, 0.15) is 5.82 Å². The number of hydrazine groups is 1. The summed E-state index contributed by atoms with van der Waals surface area (Å²) in [6.45, 7) is 4.22. The molecule has 1 amide bonds. The van der Waals surface area contributed by atoms with E-state index in [2.05, 4.69) is 35.2 Å². The topological polar surface area (TPSA) is 32.3 Å². The summed E-state index contributed by atoms with van der Waals surface area (Å²) in [5, 5.41) is 2.00. The van der Waals surface area contributed by atoms with E-state index in [4.69, 9.17) is 0 Å². The van der Waals surface area contributed by atoms with Crippen LogP contribution in [0.3, 0.4) is 0 Å². The third-order valence-electron chi connectivity index (χ3n) is 3.61. The number of benzene rings is 1. The monoisotopic (exact) mass is 328 g/mol. The van der Waals surface area contributed by atoms with Crippen molar-refractivity contribution in [3.8, 4) is 0 Å². The van der Waals surface area contributed by atoms with Gasteiger partial charge in [-0.25, -0.2) is 9.40 Å². The molecule has 1 fully saturated rings. The molecule has 0 saturated carbocycles. The summed E-state index contributed by atoms with van der Waals surface area (Å²) in [6, 6.07) is 4.95. The van der Waals surface area contributed by atoms with Crippen molar-refractivity contribution in [2.75, 3.05) is 0 Å². The van der Waals surface area contributed by atoms with Crippen molar-refractivity contribution in [1.29, 1.82) is 0 Å². The minimum atomic E-state index is -0.365. The maximum Gasteiger partial charge on any atom is 0.265 e. The number of rotatable bonds is 2. The Morgan fingerprint density at radius 1 is 1.37 bits per heavy atom. The quantitative estimate of drug-likeness (QED) is 0.901. The lowest BCUT2D eigenvalue weighted by molar-refractivity contribution is 0.0369. The molecule has 1 aliphatic heterocycles. The third-order valence-corrected chi connectivity index (χ3v) is 4.21. The smallest absolute Gasteiger partial charge is 0.265 e. The summed E-state index contributed by atoms with van der Waals surface area (Å²) in [5.41, 5.74) is 3.39.